The average molecular weight is 332 g/mol. The topological polar surface area (TPSA) is 54.4 Å². The highest BCUT2D eigenvalue weighted by Crippen LogP contribution is 2.57. The molecule has 5 atom stereocenters. The summed E-state index contributed by atoms with van der Waals surface area (Å²) >= 11 is 0. The normalized spacial score (nSPS) is 37.0. The summed E-state index contributed by atoms with van der Waals surface area (Å²) in [5, 5.41) is 11.2. The maximum atomic E-state index is 12.3. The third-order valence-electron chi connectivity index (χ3n) is 6.46. The van der Waals surface area contributed by atoms with Crippen LogP contribution in [-0.4, -0.2) is 23.8 Å². The Balaban J connectivity index is 2.40. The van der Waals surface area contributed by atoms with Gasteiger partial charge in [-0.1, -0.05) is 38.0 Å². The highest BCUT2D eigenvalue weighted by atomic mass is 16.3. The first-order chi connectivity index (χ1) is 11.3. The molecule has 2 bridgehead atoms. The maximum Gasteiger partial charge on any atom is 0.146 e. The number of aliphatic hydroxyl groups excluding tert-OH is 1. The largest absolute Gasteiger partial charge is 0.391 e. The fourth-order valence-corrected chi connectivity index (χ4v) is 4.95. The standard InChI is InChI=1S/C21H32O3/c1-15(2)7-5-8-16(3)18-9-6-11-20(4)12-10-17(13-22)21(18,14-23)19(20)24/h7,10,13-14,16,18-19,24H,5-6,8-9,11-12H2,1-4H3/t16-,18+,19+,20-,21-/m1/s1. The van der Waals surface area contributed by atoms with E-state index in [1.807, 2.05) is 6.08 Å². The van der Waals surface area contributed by atoms with Gasteiger partial charge in [-0.25, -0.2) is 0 Å². The summed E-state index contributed by atoms with van der Waals surface area (Å²) in [6, 6.07) is 0. The first kappa shape index (κ1) is 19.1. The SMILES string of the molecule is CC(C)=CCC[C@@H](C)[C@@H]1CCC[C@]2(C)CC=C(C=O)[C@@]1(C=O)[C@H]2O. The molecule has 3 nitrogen and oxygen atoms in total. The van der Waals surface area contributed by atoms with E-state index in [0.29, 0.717) is 12.0 Å². The van der Waals surface area contributed by atoms with Crippen molar-refractivity contribution in [3.63, 3.8) is 0 Å². The molecule has 2 aliphatic carbocycles. The lowest BCUT2D eigenvalue weighted by atomic mass is 9.55. The molecule has 0 unspecified atom stereocenters. The van der Waals surface area contributed by atoms with Gasteiger partial charge in [0.05, 0.1) is 11.5 Å². The number of aliphatic hydroxyl groups is 1. The fraction of sp³-hybridized carbons (Fsp3) is 0.714. The van der Waals surface area contributed by atoms with Crippen LogP contribution in [0.5, 0.6) is 0 Å². The van der Waals surface area contributed by atoms with Gasteiger partial charge in [-0.15, -0.1) is 0 Å². The van der Waals surface area contributed by atoms with E-state index in [1.165, 1.54) is 5.57 Å². The molecule has 2 aliphatic rings. The number of carbonyl (C=O) groups is 2. The first-order valence-electron chi connectivity index (χ1n) is 9.25. The number of hydrogen-bond donors (Lipinski definition) is 1. The Morgan fingerprint density at radius 3 is 2.71 bits per heavy atom. The van der Waals surface area contributed by atoms with Crippen LogP contribution in [0.4, 0.5) is 0 Å². The second-order valence-electron chi connectivity index (χ2n) is 8.42. The van der Waals surface area contributed by atoms with Crippen LogP contribution in [0, 0.1) is 22.7 Å². The number of rotatable bonds is 6. The van der Waals surface area contributed by atoms with Crippen LogP contribution < -0.4 is 0 Å². The summed E-state index contributed by atoms with van der Waals surface area (Å²) in [5.41, 5.74) is 0.465. The molecule has 1 fully saturated rings. The molecule has 24 heavy (non-hydrogen) atoms. The Morgan fingerprint density at radius 1 is 1.42 bits per heavy atom. The minimum absolute atomic E-state index is 0.0223. The van der Waals surface area contributed by atoms with Gasteiger partial charge in [0, 0.05) is 5.57 Å². The van der Waals surface area contributed by atoms with E-state index in [4.69, 9.17) is 0 Å². The van der Waals surface area contributed by atoms with Crippen molar-refractivity contribution >= 4 is 12.6 Å². The van der Waals surface area contributed by atoms with E-state index in [-0.39, 0.29) is 17.3 Å². The maximum absolute atomic E-state index is 12.3. The molecule has 1 saturated carbocycles. The lowest BCUT2D eigenvalue weighted by Gasteiger charge is -2.50. The average Bonchev–Trinajstić information content (AvgIpc) is 2.61. The molecule has 0 amide bonds. The zero-order valence-corrected chi connectivity index (χ0v) is 15.5. The Morgan fingerprint density at radius 2 is 2.12 bits per heavy atom. The Bertz CT molecular complexity index is 543. The third-order valence-corrected chi connectivity index (χ3v) is 6.46. The third kappa shape index (κ3) is 3.15. The van der Waals surface area contributed by atoms with Crippen LogP contribution in [0.1, 0.15) is 66.2 Å². The second kappa shape index (κ2) is 7.35. The van der Waals surface area contributed by atoms with E-state index in [0.717, 1.165) is 44.7 Å². The second-order valence-corrected chi connectivity index (χ2v) is 8.42. The van der Waals surface area contributed by atoms with E-state index in [1.54, 1.807) is 0 Å². The Hall–Kier alpha value is -1.22. The number of allylic oxidation sites excluding steroid dienone is 3. The number of carbonyl (C=O) groups excluding carboxylic acids is 2. The van der Waals surface area contributed by atoms with E-state index >= 15 is 0 Å². The minimum Gasteiger partial charge on any atom is -0.391 e. The molecule has 134 valence electrons. The number of aldehydes is 2. The molecular weight excluding hydrogens is 300 g/mol. The fourth-order valence-electron chi connectivity index (χ4n) is 4.95. The predicted octanol–water partition coefficient (Wildman–Crippen LogP) is 4.25. The van der Waals surface area contributed by atoms with Crippen molar-refractivity contribution in [2.24, 2.45) is 22.7 Å². The van der Waals surface area contributed by atoms with Crippen LogP contribution in [0.25, 0.3) is 0 Å². The molecule has 0 spiro atoms. The Labute approximate surface area is 146 Å². The van der Waals surface area contributed by atoms with Gasteiger partial charge in [0.2, 0.25) is 0 Å². The van der Waals surface area contributed by atoms with Gasteiger partial charge in [0.25, 0.3) is 0 Å². The molecule has 0 heterocycles. The molecule has 0 aromatic heterocycles. The lowest BCUT2D eigenvalue weighted by molar-refractivity contribution is -0.138. The quantitative estimate of drug-likeness (QED) is 0.584. The monoisotopic (exact) mass is 332 g/mol. The smallest absolute Gasteiger partial charge is 0.146 e. The summed E-state index contributed by atoms with van der Waals surface area (Å²) in [5.74, 6) is 0.304. The zero-order chi connectivity index (χ0) is 18.0. The summed E-state index contributed by atoms with van der Waals surface area (Å²) in [6.45, 7) is 8.41. The number of hydrogen-bond acceptors (Lipinski definition) is 3. The van der Waals surface area contributed by atoms with Gasteiger partial charge in [0.15, 0.2) is 0 Å². The first-order valence-corrected chi connectivity index (χ1v) is 9.25. The minimum atomic E-state index is -1.03. The van der Waals surface area contributed by atoms with Gasteiger partial charge >= 0.3 is 0 Å². The summed E-state index contributed by atoms with van der Waals surface area (Å²) < 4.78 is 0. The highest BCUT2D eigenvalue weighted by Gasteiger charge is 2.58. The predicted molar refractivity (Wildman–Crippen MR) is 96.5 cm³/mol. The van der Waals surface area contributed by atoms with Gasteiger partial charge in [-0.3, -0.25) is 4.79 Å². The van der Waals surface area contributed by atoms with Crippen molar-refractivity contribution in [3.8, 4) is 0 Å². The number of fused-ring (bicyclic) bond motifs is 2. The molecule has 1 N–H and O–H groups in total. The van der Waals surface area contributed by atoms with Crippen LogP contribution in [0.3, 0.4) is 0 Å². The zero-order valence-electron chi connectivity index (χ0n) is 15.5. The van der Waals surface area contributed by atoms with Crippen molar-refractivity contribution in [2.75, 3.05) is 0 Å². The molecular formula is C21H32O3. The summed E-state index contributed by atoms with van der Waals surface area (Å²) in [6.07, 6.45) is 10.5. The molecule has 3 heteroatoms. The van der Waals surface area contributed by atoms with E-state index in [2.05, 4.69) is 33.8 Å². The molecule has 2 rings (SSSR count). The molecule has 0 saturated heterocycles. The van der Waals surface area contributed by atoms with Gasteiger partial charge in [-0.05, 0) is 63.2 Å². The summed E-state index contributed by atoms with van der Waals surface area (Å²) in [4.78, 5) is 24.0. The molecule has 0 aromatic carbocycles. The van der Waals surface area contributed by atoms with Gasteiger partial charge in [0.1, 0.15) is 12.6 Å². The Kier molecular flexibility index (Phi) is 5.85. The van der Waals surface area contributed by atoms with Crippen LogP contribution >= 0.6 is 0 Å². The molecule has 0 radical (unpaired) electrons. The van der Waals surface area contributed by atoms with Crippen LogP contribution in [0.2, 0.25) is 0 Å². The van der Waals surface area contributed by atoms with Crippen LogP contribution in [-0.2, 0) is 9.59 Å². The molecule has 0 aliphatic heterocycles. The highest BCUT2D eigenvalue weighted by molar-refractivity contribution is 5.86. The van der Waals surface area contributed by atoms with Crippen molar-refractivity contribution in [2.45, 2.75) is 72.3 Å². The summed E-state index contributed by atoms with van der Waals surface area (Å²) in [7, 11) is 0. The van der Waals surface area contributed by atoms with E-state index < -0.39 is 11.5 Å². The van der Waals surface area contributed by atoms with Crippen molar-refractivity contribution in [1.29, 1.82) is 0 Å². The molecule has 0 aromatic rings. The van der Waals surface area contributed by atoms with Crippen LogP contribution in [0.15, 0.2) is 23.3 Å². The van der Waals surface area contributed by atoms with E-state index in [9.17, 15) is 14.7 Å². The van der Waals surface area contributed by atoms with Crippen molar-refractivity contribution < 1.29 is 14.7 Å². The van der Waals surface area contributed by atoms with Crippen molar-refractivity contribution in [1.82, 2.24) is 0 Å². The van der Waals surface area contributed by atoms with Gasteiger partial charge in [-0.2, -0.15) is 0 Å². The lowest BCUT2D eigenvalue weighted by Crippen LogP contribution is -2.54. The van der Waals surface area contributed by atoms with Gasteiger partial charge < -0.3 is 9.90 Å². The van der Waals surface area contributed by atoms with Crippen molar-refractivity contribution in [3.05, 3.63) is 23.3 Å².